The van der Waals surface area contributed by atoms with Gasteiger partial charge in [0.2, 0.25) is 0 Å². The van der Waals surface area contributed by atoms with Crippen molar-refractivity contribution in [2.75, 3.05) is 6.26 Å². The topological polar surface area (TPSA) is 88.6 Å². The molecule has 78 valence electrons. The molecule has 0 saturated carbocycles. The number of hydrogen-bond acceptors (Lipinski definition) is 5. The minimum absolute atomic E-state index is 0.0367. The van der Waals surface area contributed by atoms with E-state index in [4.69, 9.17) is 10.4 Å². The quantitative estimate of drug-likeness (QED) is 0.291. The maximum atomic E-state index is 9.42. The van der Waals surface area contributed by atoms with Crippen molar-refractivity contribution in [3.63, 3.8) is 0 Å². The Balaban J connectivity index is 3.01. The largest absolute Gasteiger partial charge is 0.508 e. The first-order valence-electron chi connectivity index (χ1n) is 3.97. The first-order valence-corrected chi connectivity index (χ1v) is 5.19. The van der Waals surface area contributed by atoms with Crippen LogP contribution in [0.3, 0.4) is 0 Å². The third-order valence-electron chi connectivity index (χ3n) is 1.54. The number of nitrogens with zero attached hydrogens (tertiary/aromatic N) is 2. The van der Waals surface area contributed by atoms with E-state index >= 15 is 0 Å². The molecule has 0 amide bonds. The first kappa shape index (κ1) is 11.2. The highest BCUT2D eigenvalue weighted by molar-refractivity contribution is 8.13. The monoisotopic (exact) mass is 223 g/mol. The van der Waals surface area contributed by atoms with Crippen LogP contribution < -0.4 is 5.32 Å². The molecule has 0 unspecified atom stereocenters. The summed E-state index contributed by atoms with van der Waals surface area (Å²) in [7, 11) is 0. The predicted molar refractivity (Wildman–Crippen MR) is 59.1 cm³/mol. The molecule has 3 N–H and O–H groups in total. The van der Waals surface area contributed by atoms with Crippen LogP contribution in [0.15, 0.2) is 23.2 Å². The van der Waals surface area contributed by atoms with Crippen LogP contribution in [0, 0.1) is 11.5 Å². The molecule has 0 heterocycles. The molecule has 6 heteroatoms. The maximum absolute atomic E-state index is 9.42. The molecule has 1 rings (SSSR count). The highest BCUT2D eigenvalue weighted by Crippen LogP contribution is 2.30. The van der Waals surface area contributed by atoms with Crippen LogP contribution in [0.5, 0.6) is 11.5 Å². The summed E-state index contributed by atoms with van der Waals surface area (Å²) >= 11 is 1.25. The van der Waals surface area contributed by atoms with Gasteiger partial charge in [0.15, 0.2) is 11.4 Å². The number of aliphatic imine (C=N–C) groups is 1. The minimum Gasteiger partial charge on any atom is -0.508 e. The third kappa shape index (κ3) is 3.07. The van der Waals surface area contributed by atoms with Gasteiger partial charge in [-0.1, -0.05) is 11.8 Å². The summed E-state index contributed by atoms with van der Waals surface area (Å²) in [5, 5.41) is 29.6. The highest BCUT2D eigenvalue weighted by atomic mass is 32.2. The summed E-state index contributed by atoms with van der Waals surface area (Å²) in [6, 6.07) is 4.05. The Kier molecular flexibility index (Phi) is 3.83. The van der Waals surface area contributed by atoms with E-state index in [9.17, 15) is 5.11 Å². The second-order valence-electron chi connectivity index (χ2n) is 2.53. The van der Waals surface area contributed by atoms with Crippen molar-refractivity contribution in [2.45, 2.75) is 0 Å². The Morgan fingerprint density at radius 1 is 1.53 bits per heavy atom. The molecule has 0 aliphatic heterocycles. The van der Waals surface area contributed by atoms with Crippen LogP contribution in [0.4, 0.5) is 5.69 Å². The van der Waals surface area contributed by atoms with Crippen molar-refractivity contribution in [1.29, 1.82) is 5.26 Å². The first-order chi connectivity index (χ1) is 7.17. The molecular formula is C9H9N3O2S. The van der Waals surface area contributed by atoms with E-state index in [1.54, 1.807) is 12.4 Å². The van der Waals surface area contributed by atoms with Gasteiger partial charge in [-0.3, -0.25) is 5.32 Å². The van der Waals surface area contributed by atoms with Gasteiger partial charge in [-0.15, -0.1) is 0 Å². The maximum Gasteiger partial charge on any atom is 0.183 e. The fraction of sp³-hybridized carbons (Fsp3) is 0.111. The fourth-order valence-electron chi connectivity index (χ4n) is 0.888. The summed E-state index contributed by atoms with van der Waals surface area (Å²) in [5.41, 5.74) is 0.292. The average molecular weight is 223 g/mol. The van der Waals surface area contributed by atoms with Crippen LogP contribution in [0.25, 0.3) is 0 Å². The molecule has 0 saturated heterocycles. The summed E-state index contributed by atoms with van der Waals surface area (Å²) in [6.07, 6.45) is 3.49. The molecule has 0 fully saturated rings. The zero-order valence-corrected chi connectivity index (χ0v) is 8.75. The Morgan fingerprint density at radius 3 is 2.80 bits per heavy atom. The van der Waals surface area contributed by atoms with Crippen LogP contribution in [0.1, 0.15) is 0 Å². The number of hydrogen-bond donors (Lipinski definition) is 3. The van der Waals surface area contributed by atoms with Gasteiger partial charge in [0.1, 0.15) is 17.2 Å². The molecule has 0 spiro atoms. The van der Waals surface area contributed by atoms with Crippen LogP contribution in [-0.4, -0.2) is 21.6 Å². The lowest BCUT2D eigenvalue weighted by molar-refractivity contribution is 0.451. The van der Waals surface area contributed by atoms with E-state index in [0.717, 1.165) is 0 Å². The van der Waals surface area contributed by atoms with Crippen molar-refractivity contribution >= 4 is 22.6 Å². The molecule has 0 aromatic heterocycles. The zero-order valence-electron chi connectivity index (χ0n) is 7.93. The Bertz CT molecular complexity index is 426. The number of phenolic OH excluding ortho intramolecular Hbond substituents is 2. The Labute approximate surface area is 91.1 Å². The predicted octanol–water partition coefficient (Wildman–Crippen LogP) is 1.52. The number of benzene rings is 1. The molecule has 1 aromatic rings. The number of nitrogens with one attached hydrogen (secondary N) is 1. The summed E-state index contributed by atoms with van der Waals surface area (Å²) in [5.74, 6) is -0.174. The zero-order chi connectivity index (χ0) is 11.3. The van der Waals surface area contributed by atoms with Gasteiger partial charge in [0.25, 0.3) is 0 Å². The van der Waals surface area contributed by atoms with Gasteiger partial charge in [-0.25, -0.2) is 4.99 Å². The molecule has 0 bridgehead atoms. The summed E-state index contributed by atoms with van der Waals surface area (Å²) < 4.78 is 0. The number of rotatable bonds is 1. The number of aromatic hydroxyl groups is 2. The van der Waals surface area contributed by atoms with Crippen LogP contribution >= 0.6 is 11.8 Å². The van der Waals surface area contributed by atoms with Crippen molar-refractivity contribution in [1.82, 2.24) is 5.32 Å². The van der Waals surface area contributed by atoms with Crippen molar-refractivity contribution < 1.29 is 10.2 Å². The molecule has 0 aliphatic rings. The molecule has 0 radical (unpaired) electrons. The second kappa shape index (κ2) is 5.12. The number of nitriles is 1. The third-order valence-corrected chi connectivity index (χ3v) is 2.12. The minimum atomic E-state index is -0.138. The smallest absolute Gasteiger partial charge is 0.183 e. The number of amidine groups is 1. The molecular weight excluding hydrogens is 214 g/mol. The van der Waals surface area contributed by atoms with Crippen molar-refractivity contribution in [3.05, 3.63) is 18.2 Å². The number of phenols is 2. The van der Waals surface area contributed by atoms with E-state index < -0.39 is 0 Å². The van der Waals surface area contributed by atoms with Gasteiger partial charge in [0.05, 0.1) is 0 Å². The molecule has 15 heavy (non-hydrogen) atoms. The van der Waals surface area contributed by atoms with Gasteiger partial charge in [-0.2, -0.15) is 5.26 Å². The molecule has 0 atom stereocenters. The lowest BCUT2D eigenvalue weighted by Crippen LogP contribution is -2.12. The van der Waals surface area contributed by atoms with Gasteiger partial charge in [-0.05, 0) is 18.4 Å². The standard InChI is InChI=1S/C9H9N3O2S/c1-15-9(11-5-10)12-7-3-2-6(13)4-8(7)14/h2-4,13-14H,1H3,(H,11,12). The lowest BCUT2D eigenvalue weighted by Gasteiger charge is -2.02. The number of thioether (sulfide) groups is 1. The second-order valence-corrected chi connectivity index (χ2v) is 3.33. The summed E-state index contributed by atoms with van der Waals surface area (Å²) in [6.45, 7) is 0. The van der Waals surface area contributed by atoms with E-state index in [1.165, 1.54) is 30.0 Å². The lowest BCUT2D eigenvalue weighted by atomic mass is 10.3. The van der Waals surface area contributed by atoms with Gasteiger partial charge >= 0.3 is 0 Å². The average Bonchev–Trinajstić information content (AvgIpc) is 2.21. The van der Waals surface area contributed by atoms with Gasteiger partial charge < -0.3 is 10.2 Å². The van der Waals surface area contributed by atoms with E-state index in [2.05, 4.69) is 10.3 Å². The normalized spacial score (nSPS) is 10.8. The van der Waals surface area contributed by atoms with E-state index in [1.807, 2.05) is 0 Å². The molecule has 5 nitrogen and oxygen atoms in total. The van der Waals surface area contributed by atoms with Crippen molar-refractivity contribution in [2.24, 2.45) is 4.99 Å². The Hall–Kier alpha value is -1.87. The van der Waals surface area contributed by atoms with Crippen molar-refractivity contribution in [3.8, 4) is 17.7 Å². The SMILES string of the molecule is CSC(=Nc1ccc(O)cc1O)NC#N. The molecule has 1 aromatic carbocycles. The molecule has 0 aliphatic carbocycles. The van der Waals surface area contributed by atoms with Gasteiger partial charge in [0, 0.05) is 6.07 Å². The summed E-state index contributed by atoms with van der Waals surface area (Å²) in [4.78, 5) is 3.99. The van der Waals surface area contributed by atoms with Crippen LogP contribution in [-0.2, 0) is 0 Å². The van der Waals surface area contributed by atoms with E-state index in [0.29, 0.717) is 10.9 Å². The fourth-order valence-corrected chi connectivity index (χ4v) is 1.23. The van der Waals surface area contributed by atoms with E-state index in [-0.39, 0.29) is 11.5 Å². The van der Waals surface area contributed by atoms with Crippen LogP contribution in [0.2, 0.25) is 0 Å². The highest BCUT2D eigenvalue weighted by Gasteiger charge is 2.02. The Morgan fingerprint density at radius 2 is 2.27 bits per heavy atom.